The summed E-state index contributed by atoms with van der Waals surface area (Å²) in [6, 6.07) is 9.41. The fourth-order valence-electron chi connectivity index (χ4n) is 2.44. The van der Waals surface area contributed by atoms with Crippen molar-refractivity contribution in [3.63, 3.8) is 0 Å². The van der Waals surface area contributed by atoms with Crippen molar-refractivity contribution in [2.24, 2.45) is 0 Å². The van der Waals surface area contributed by atoms with E-state index in [0.717, 1.165) is 6.07 Å². The van der Waals surface area contributed by atoms with Crippen LogP contribution in [0.15, 0.2) is 42.5 Å². The van der Waals surface area contributed by atoms with E-state index in [9.17, 15) is 22.4 Å². The Bertz CT molecular complexity index is 773. The number of amides is 1. The maximum atomic E-state index is 13.5. The lowest BCUT2D eigenvalue weighted by atomic mass is 10.1. The van der Waals surface area contributed by atoms with Crippen molar-refractivity contribution in [3.05, 3.63) is 59.5 Å². The van der Waals surface area contributed by atoms with Gasteiger partial charge in [0.05, 0.1) is 19.5 Å². The Kier molecular flexibility index (Phi) is 4.61. The van der Waals surface area contributed by atoms with E-state index >= 15 is 0 Å². The van der Waals surface area contributed by atoms with Crippen LogP contribution in [0.1, 0.15) is 11.3 Å². The molecule has 8 heteroatoms. The molecule has 0 radical (unpaired) electrons. The molecule has 0 aliphatic carbocycles. The third kappa shape index (κ3) is 4.07. The average molecular weight is 354 g/mol. The number of pyridine rings is 1. The molecule has 1 aromatic carbocycles. The highest BCUT2D eigenvalue weighted by molar-refractivity contribution is 5.79. The van der Waals surface area contributed by atoms with Crippen LogP contribution in [0.2, 0.25) is 0 Å². The Labute approximate surface area is 141 Å². The fraction of sp³-hybridized carbons (Fsp3) is 0.294. The van der Waals surface area contributed by atoms with Crippen LogP contribution in [0.4, 0.5) is 17.6 Å². The van der Waals surface area contributed by atoms with Gasteiger partial charge in [-0.15, -0.1) is 0 Å². The number of nitrogens with zero attached hydrogens (tertiary/aromatic N) is 2. The monoisotopic (exact) mass is 354 g/mol. The number of aromatic nitrogens is 1. The third-order valence-electron chi connectivity index (χ3n) is 3.80. The van der Waals surface area contributed by atoms with Gasteiger partial charge in [0.25, 0.3) is 0 Å². The summed E-state index contributed by atoms with van der Waals surface area (Å²) in [7, 11) is 0. The average Bonchev–Trinajstić information content (AvgIpc) is 2.52. The van der Waals surface area contributed by atoms with Crippen LogP contribution in [0, 0.1) is 5.82 Å². The second kappa shape index (κ2) is 6.70. The molecule has 25 heavy (non-hydrogen) atoms. The number of hydrogen-bond donors (Lipinski definition) is 0. The molecule has 1 amide bonds. The van der Waals surface area contributed by atoms with Crippen LogP contribution < -0.4 is 4.74 Å². The van der Waals surface area contributed by atoms with Crippen LogP contribution in [-0.2, 0) is 17.4 Å². The van der Waals surface area contributed by atoms with Crippen LogP contribution in [0.5, 0.6) is 5.88 Å². The molecule has 2 heterocycles. The zero-order valence-electron chi connectivity index (χ0n) is 13.0. The van der Waals surface area contributed by atoms with Crippen molar-refractivity contribution in [1.82, 2.24) is 9.88 Å². The summed E-state index contributed by atoms with van der Waals surface area (Å²) < 4.78 is 56.7. The van der Waals surface area contributed by atoms with Crippen LogP contribution in [0.25, 0.3) is 0 Å². The first-order valence-electron chi connectivity index (χ1n) is 7.55. The Balaban J connectivity index is 1.53. The maximum Gasteiger partial charge on any atom is 0.433 e. The van der Waals surface area contributed by atoms with Crippen LogP contribution in [-0.4, -0.2) is 35.0 Å². The predicted molar refractivity (Wildman–Crippen MR) is 80.3 cm³/mol. The van der Waals surface area contributed by atoms with Gasteiger partial charge in [-0.3, -0.25) is 4.79 Å². The Hall–Kier alpha value is -2.64. The lowest BCUT2D eigenvalue weighted by Crippen LogP contribution is -2.56. The van der Waals surface area contributed by atoms with E-state index in [1.165, 1.54) is 29.2 Å². The maximum absolute atomic E-state index is 13.5. The number of ether oxygens (including phenoxy) is 1. The van der Waals surface area contributed by atoms with Gasteiger partial charge in [0.15, 0.2) is 0 Å². The second-order valence-corrected chi connectivity index (χ2v) is 5.67. The standard InChI is InChI=1S/C17H14F4N2O2/c18-13-5-2-1-4-11(13)8-16(24)23-9-12(10-23)25-15-7-3-6-14(22-15)17(19,20)21/h1-7,12H,8-10H2. The van der Waals surface area contributed by atoms with Gasteiger partial charge in [0.2, 0.25) is 11.8 Å². The van der Waals surface area contributed by atoms with E-state index in [1.54, 1.807) is 12.1 Å². The van der Waals surface area contributed by atoms with Gasteiger partial charge in [-0.05, 0) is 17.7 Å². The molecule has 1 aliphatic heterocycles. The molecule has 3 rings (SSSR count). The molecule has 4 nitrogen and oxygen atoms in total. The summed E-state index contributed by atoms with van der Waals surface area (Å²) in [5.74, 6) is -0.847. The molecule has 2 aromatic rings. The molecule has 132 valence electrons. The third-order valence-corrected chi connectivity index (χ3v) is 3.80. The predicted octanol–water partition coefficient (Wildman–Crippen LogP) is 3.07. The van der Waals surface area contributed by atoms with Crippen LogP contribution >= 0.6 is 0 Å². The molecule has 1 aliphatic rings. The minimum Gasteiger partial charge on any atom is -0.471 e. The molecule has 1 saturated heterocycles. The largest absolute Gasteiger partial charge is 0.471 e. The van der Waals surface area contributed by atoms with E-state index in [-0.39, 0.29) is 31.3 Å². The number of halogens is 4. The molecule has 0 bridgehead atoms. The van der Waals surface area contributed by atoms with E-state index in [2.05, 4.69) is 4.98 Å². The molecule has 0 spiro atoms. The molecule has 0 atom stereocenters. The number of rotatable bonds is 4. The molecule has 1 fully saturated rings. The highest BCUT2D eigenvalue weighted by Gasteiger charge is 2.35. The Morgan fingerprint density at radius 3 is 2.56 bits per heavy atom. The van der Waals surface area contributed by atoms with Gasteiger partial charge >= 0.3 is 6.18 Å². The first kappa shape index (κ1) is 17.2. The lowest BCUT2D eigenvalue weighted by Gasteiger charge is -2.38. The number of likely N-dealkylation sites (tertiary alicyclic amines) is 1. The highest BCUT2D eigenvalue weighted by Crippen LogP contribution is 2.29. The van der Waals surface area contributed by atoms with Crippen molar-refractivity contribution in [2.75, 3.05) is 13.1 Å². The molecule has 0 N–H and O–H groups in total. The number of carbonyl (C=O) groups excluding carboxylic acids is 1. The van der Waals surface area contributed by atoms with E-state index in [0.29, 0.717) is 5.56 Å². The van der Waals surface area contributed by atoms with Crippen LogP contribution in [0.3, 0.4) is 0 Å². The Morgan fingerprint density at radius 1 is 1.16 bits per heavy atom. The normalized spacial score (nSPS) is 15.0. The Morgan fingerprint density at radius 2 is 1.88 bits per heavy atom. The zero-order valence-corrected chi connectivity index (χ0v) is 13.0. The topological polar surface area (TPSA) is 42.4 Å². The molecular weight excluding hydrogens is 340 g/mol. The first-order valence-corrected chi connectivity index (χ1v) is 7.55. The van der Waals surface area contributed by atoms with Gasteiger partial charge in [0, 0.05) is 6.07 Å². The van der Waals surface area contributed by atoms with Gasteiger partial charge in [-0.1, -0.05) is 24.3 Å². The summed E-state index contributed by atoms with van der Waals surface area (Å²) in [5, 5.41) is 0. The molecule has 1 aromatic heterocycles. The minimum atomic E-state index is -4.54. The van der Waals surface area contributed by atoms with Crippen molar-refractivity contribution in [3.8, 4) is 5.88 Å². The number of alkyl halides is 3. The van der Waals surface area contributed by atoms with Gasteiger partial charge in [0.1, 0.15) is 17.6 Å². The SMILES string of the molecule is O=C(Cc1ccccc1F)N1CC(Oc2cccc(C(F)(F)F)n2)C1. The number of carbonyl (C=O) groups is 1. The van der Waals surface area contributed by atoms with E-state index < -0.39 is 23.8 Å². The smallest absolute Gasteiger partial charge is 0.433 e. The number of benzene rings is 1. The highest BCUT2D eigenvalue weighted by atomic mass is 19.4. The lowest BCUT2D eigenvalue weighted by molar-refractivity contribution is -0.141. The zero-order chi connectivity index (χ0) is 18.0. The van der Waals surface area contributed by atoms with Gasteiger partial charge in [-0.25, -0.2) is 9.37 Å². The first-order chi connectivity index (χ1) is 11.8. The van der Waals surface area contributed by atoms with Crippen molar-refractivity contribution in [2.45, 2.75) is 18.7 Å². The van der Waals surface area contributed by atoms with Crippen molar-refractivity contribution < 1.29 is 27.1 Å². The summed E-state index contributed by atoms with van der Waals surface area (Å²) in [5.41, 5.74) is -0.728. The summed E-state index contributed by atoms with van der Waals surface area (Å²) in [4.78, 5) is 16.9. The molecule has 0 saturated carbocycles. The molecular formula is C17H14F4N2O2. The number of hydrogen-bond acceptors (Lipinski definition) is 3. The summed E-state index contributed by atoms with van der Waals surface area (Å²) in [6.45, 7) is 0.455. The van der Waals surface area contributed by atoms with E-state index in [4.69, 9.17) is 4.74 Å². The molecule has 0 unspecified atom stereocenters. The minimum absolute atomic E-state index is 0.0683. The summed E-state index contributed by atoms with van der Waals surface area (Å²) in [6.07, 6.45) is -5.04. The van der Waals surface area contributed by atoms with Gasteiger partial charge < -0.3 is 9.64 Å². The van der Waals surface area contributed by atoms with E-state index in [1.807, 2.05) is 0 Å². The summed E-state index contributed by atoms with van der Waals surface area (Å²) >= 11 is 0. The quantitative estimate of drug-likeness (QED) is 0.793. The van der Waals surface area contributed by atoms with Crippen molar-refractivity contribution >= 4 is 5.91 Å². The van der Waals surface area contributed by atoms with Gasteiger partial charge in [-0.2, -0.15) is 13.2 Å². The second-order valence-electron chi connectivity index (χ2n) is 5.67. The van der Waals surface area contributed by atoms with Crippen molar-refractivity contribution in [1.29, 1.82) is 0 Å². The fourth-order valence-corrected chi connectivity index (χ4v) is 2.44.